The minimum atomic E-state index is -0.400. The zero-order valence-corrected chi connectivity index (χ0v) is 12.3. The van der Waals surface area contributed by atoms with Crippen LogP contribution < -0.4 is 5.32 Å². The van der Waals surface area contributed by atoms with Crippen LogP contribution in [0.15, 0.2) is 22.7 Å². The third kappa shape index (κ3) is 4.47. The maximum atomic E-state index is 9.44. The molecule has 0 fully saturated rings. The van der Waals surface area contributed by atoms with Crippen molar-refractivity contribution < 1.29 is 9.84 Å². The number of halogens is 2. The molecule has 5 heteroatoms. The topological polar surface area (TPSA) is 41.5 Å². The molecule has 0 radical (unpaired) electrons. The number of benzene rings is 1. The lowest BCUT2D eigenvalue weighted by molar-refractivity contribution is 0.146. The molecule has 0 amide bonds. The minimum absolute atomic E-state index is 0.0383. The number of aliphatic hydroxyl groups excluding tert-OH is 1. The highest BCUT2D eigenvalue weighted by molar-refractivity contribution is 9.10. The van der Waals surface area contributed by atoms with Crippen molar-refractivity contribution in [2.75, 3.05) is 25.6 Å². The Morgan fingerprint density at radius 3 is 2.76 bits per heavy atom. The van der Waals surface area contributed by atoms with E-state index >= 15 is 0 Å². The second-order valence-corrected chi connectivity index (χ2v) is 5.48. The maximum Gasteiger partial charge on any atom is 0.0659 e. The Morgan fingerprint density at radius 1 is 1.53 bits per heavy atom. The van der Waals surface area contributed by atoms with Gasteiger partial charge in [0.1, 0.15) is 0 Å². The second kappa shape index (κ2) is 6.59. The first-order valence-electron chi connectivity index (χ1n) is 5.34. The van der Waals surface area contributed by atoms with E-state index in [1.807, 2.05) is 25.1 Å². The van der Waals surface area contributed by atoms with Gasteiger partial charge in [0.25, 0.3) is 0 Å². The van der Waals surface area contributed by atoms with Crippen LogP contribution in [0.2, 0.25) is 5.02 Å². The van der Waals surface area contributed by atoms with Gasteiger partial charge in [-0.25, -0.2) is 0 Å². The van der Waals surface area contributed by atoms with Crippen LogP contribution in [0.3, 0.4) is 0 Å². The van der Waals surface area contributed by atoms with Gasteiger partial charge in [0.15, 0.2) is 0 Å². The summed E-state index contributed by atoms with van der Waals surface area (Å²) in [6.07, 6.45) is 0.722. The van der Waals surface area contributed by atoms with Gasteiger partial charge in [-0.05, 0) is 47.5 Å². The van der Waals surface area contributed by atoms with Gasteiger partial charge >= 0.3 is 0 Å². The summed E-state index contributed by atoms with van der Waals surface area (Å²) in [5.74, 6) is 0. The largest absolute Gasteiger partial charge is 0.394 e. The van der Waals surface area contributed by atoms with Crippen LogP contribution >= 0.6 is 27.5 Å². The monoisotopic (exact) mass is 321 g/mol. The molecule has 0 heterocycles. The number of rotatable bonds is 6. The Balaban J connectivity index is 2.76. The summed E-state index contributed by atoms with van der Waals surface area (Å²) in [5, 5.41) is 13.4. The van der Waals surface area contributed by atoms with Gasteiger partial charge in [0.05, 0.1) is 17.2 Å². The molecule has 1 aromatic carbocycles. The molecule has 1 aromatic rings. The van der Waals surface area contributed by atoms with E-state index in [0.29, 0.717) is 11.6 Å². The number of anilines is 1. The van der Waals surface area contributed by atoms with Crippen LogP contribution in [0.25, 0.3) is 0 Å². The molecule has 0 spiro atoms. The fourth-order valence-corrected chi connectivity index (χ4v) is 1.93. The molecule has 0 saturated carbocycles. The summed E-state index contributed by atoms with van der Waals surface area (Å²) < 4.78 is 5.87. The summed E-state index contributed by atoms with van der Waals surface area (Å²) in [4.78, 5) is 0. The predicted molar refractivity (Wildman–Crippen MR) is 74.8 cm³/mol. The SMILES string of the molecule is COCCC(C)(CO)Nc1ccc(Cl)c(Br)c1. The highest BCUT2D eigenvalue weighted by Gasteiger charge is 2.22. The molecule has 0 aromatic heterocycles. The Hall–Kier alpha value is -0.290. The number of nitrogens with one attached hydrogen (secondary N) is 1. The van der Waals surface area contributed by atoms with Crippen molar-refractivity contribution in [2.45, 2.75) is 18.9 Å². The van der Waals surface area contributed by atoms with E-state index in [4.69, 9.17) is 16.3 Å². The average molecular weight is 323 g/mol. The molecule has 3 nitrogen and oxygen atoms in total. The highest BCUT2D eigenvalue weighted by Crippen LogP contribution is 2.27. The molecule has 1 rings (SSSR count). The van der Waals surface area contributed by atoms with E-state index in [1.165, 1.54) is 0 Å². The number of ether oxygens (including phenoxy) is 1. The van der Waals surface area contributed by atoms with Crippen molar-refractivity contribution in [1.82, 2.24) is 0 Å². The van der Waals surface area contributed by atoms with E-state index in [-0.39, 0.29) is 6.61 Å². The fourth-order valence-electron chi connectivity index (χ4n) is 1.43. The van der Waals surface area contributed by atoms with Gasteiger partial charge in [0.2, 0.25) is 0 Å². The number of hydrogen-bond acceptors (Lipinski definition) is 3. The van der Waals surface area contributed by atoms with Crippen LogP contribution in [-0.4, -0.2) is 31.0 Å². The quantitative estimate of drug-likeness (QED) is 0.844. The zero-order valence-electron chi connectivity index (χ0n) is 9.96. The Kier molecular flexibility index (Phi) is 5.73. The molecule has 0 aliphatic carbocycles. The molecule has 0 saturated heterocycles. The lowest BCUT2D eigenvalue weighted by Gasteiger charge is -2.29. The summed E-state index contributed by atoms with van der Waals surface area (Å²) in [7, 11) is 1.65. The molecule has 0 aliphatic heterocycles. The third-order valence-corrected chi connectivity index (χ3v) is 3.79. The second-order valence-electron chi connectivity index (χ2n) is 4.22. The predicted octanol–water partition coefficient (Wildman–Crippen LogP) is 3.30. The van der Waals surface area contributed by atoms with Crippen molar-refractivity contribution in [2.24, 2.45) is 0 Å². The maximum absolute atomic E-state index is 9.44. The van der Waals surface area contributed by atoms with Crippen LogP contribution in [0, 0.1) is 0 Å². The third-order valence-electron chi connectivity index (χ3n) is 2.57. The van der Waals surface area contributed by atoms with Crippen LogP contribution in [-0.2, 0) is 4.74 Å². The van der Waals surface area contributed by atoms with Crippen LogP contribution in [0.1, 0.15) is 13.3 Å². The summed E-state index contributed by atoms with van der Waals surface area (Å²) >= 11 is 9.29. The van der Waals surface area contributed by atoms with E-state index < -0.39 is 5.54 Å². The number of hydrogen-bond donors (Lipinski definition) is 2. The highest BCUT2D eigenvalue weighted by atomic mass is 79.9. The Labute approximate surface area is 115 Å². The lowest BCUT2D eigenvalue weighted by Crippen LogP contribution is -2.39. The van der Waals surface area contributed by atoms with E-state index in [2.05, 4.69) is 21.2 Å². The molecule has 1 atom stereocenters. The standard InChI is InChI=1S/C12H17BrClNO2/c1-12(8-16,5-6-17-2)15-9-3-4-11(14)10(13)7-9/h3-4,7,15-16H,5-6,8H2,1-2H3. The molecule has 2 N–H and O–H groups in total. The lowest BCUT2D eigenvalue weighted by atomic mass is 9.99. The number of aliphatic hydroxyl groups is 1. The van der Waals surface area contributed by atoms with E-state index in [1.54, 1.807) is 7.11 Å². The van der Waals surface area contributed by atoms with Gasteiger partial charge in [-0.2, -0.15) is 0 Å². The summed E-state index contributed by atoms with van der Waals surface area (Å²) in [5.41, 5.74) is 0.512. The van der Waals surface area contributed by atoms with Crippen molar-refractivity contribution >= 4 is 33.2 Å². The van der Waals surface area contributed by atoms with E-state index in [0.717, 1.165) is 16.6 Å². The number of methoxy groups -OCH3 is 1. The first kappa shape index (κ1) is 14.8. The van der Waals surface area contributed by atoms with Gasteiger partial charge in [-0.15, -0.1) is 0 Å². The molecule has 0 aliphatic rings. The zero-order chi connectivity index (χ0) is 12.9. The van der Waals surface area contributed by atoms with Crippen molar-refractivity contribution in [1.29, 1.82) is 0 Å². The summed E-state index contributed by atoms with van der Waals surface area (Å²) in [6, 6.07) is 5.58. The first-order valence-corrected chi connectivity index (χ1v) is 6.51. The molecule has 96 valence electrons. The van der Waals surface area contributed by atoms with Crippen molar-refractivity contribution in [3.63, 3.8) is 0 Å². The van der Waals surface area contributed by atoms with E-state index in [9.17, 15) is 5.11 Å². The minimum Gasteiger partial charge on any atom is -0.394 e. The molecular weight excluding hydrogens is 305 g/mol. The van der Waals surface area contributed by atoms with Gasteiger partial charge in [-0.1, -0.05) is 11.6 Å². The van der Waals surface area contributed by atoms with Gasteiger partial charge in [0, 0.05) is 23.9 Å². The smallest absolute Gasteiger partial charge is 0.0659 e. The average Bonchev–Trinajstić information content (AvgIpc) is 2.31. The van der Waals surface area contributed by atoms with Gasteiger partial charge in [-0.3, -0.25) is 0 Å². The first-order chi connectivity index (χ1) is 8.00. The van der Waals surface area contributed by atoms with Crippen molar-refractivity contribution in [3.8, 4) is 0 Å². The Morgan fingerprint density at radius 2 is 2.24 bits per heavy atom. The normalized spacial score (nSPS) is 14.4. The van der Waals surface area contributed by atoms with Crippen LogP contribution in [0.5, 0.6) is 0 Å². The molecular formula is C12H17BrClNO2. The summed E-state index contributed by atoms with van der Waals surface area (Å²) in [6.45, 7) is 2.59. The Bertz CT molecular complexity index is 376. The molecule has 17 heavy (non-hydrogen) atoms. The molecule has 0 bridgehead atoms. The van der Waals surface area contributed by atoms with Crippen molar-refractivity contribution in [3.05, 3.63) is 27.7 Å². The molecule has 1 unspecified atom stereocenters. The fraction of sp³-hybridized carbons (Fsp3) is 0.500. The van der Waals surface area contributed by atoms with Gasteiger partial charge < -0.3 is 15.2 Å². The van der Waals surface area contributed by atoms with Crippen LogP contribution in [0.4, 0.5) is 5.69 Å².